The van der Waals surface area contributed by atoms with Gasteiger partial charge in [0.25, 0.3) is 0 Å². The first-order valence-corrected chi connectivity index (χ1v) is 15.1. The Morgan fingerprint density at radius 1 is 1.04 bits per heavy atom. The van der Waals surface area contributed by atoms with E-state index in [0.29, 0.717) is 29.2 Å². The van der Waals surface area contributed by atoms with E-state index in [-0.39, 0.29) is 17.7 Å². The number of benzene rings is 3. The van der Waals surface area contributed by atoms with Gasteiger partial charge >= 0.3 is 5.82 Å². The topological polar surface area (TPSA) is 94.4 Å². The van der Waals surface area contributed by atoms with Gasteiger partial charge in [-0.2, -0.15) is 0 Å². The highest BCUT2D eigenvalue weighted by atomic mass is 35.5. The quantitative estimate of drug-likeness (QED) is 0.109. The standard InChI is InChI=1S/C27H21ClN2O4.C10H9N/c1-2-13-34-24-14-22-17(5-4-8-23(22)28)20-11-10-18-19(26(20)24)6-3-7-21(18)27(31)16-9-12-25(29-15-16)30(32)33;1-2-7-10-9(5-1)6-3-4-8-11-10/h2,4-5,8-12,14-15,24H,1,3,6-7,13H2;1-8,11H. The predicted octanol–water partition coefficient (Wildman–Crippen LogP) is 6.98. The molecule has 0 bridgehead atoms. The Balaban J connectivity index is 0.000000272. The number of halogens is 1. The van der Waals surface area contributed by atoms with Crippen molar-refractivity contribution < 1.29 is 14.5 Å². The number of para-hydroxylation sites is 1. The zero-order valence-corrected chi connectivity index (χ0v) is 25.2. The Labute approximate surface area is 265 Å². The monoisotopic (exact) mass is 615 g/mol. The van der Waals surface area contributed by atoms with Gasteiger partial charge in [0.2, 0.25) is 0 Å². The number of aromatic nitrogens is 1. The molecule has 8 heteroatoms. The van der Waals surface area contributed by atoms with Crippen molar-refractivity contribution in [2.24, 2.45) is 0 Å². The average Bonchev–Trinajstić information content (AvgIpc) is 3.33. The SMILES string of the molecule is C1=CNc2ccccc2C=C1.C=CCOC1C=c2c(Cl)cccc2=c2ccc3c(c21)CCCC=3C(=O)c1ccc([N+](=O)[O-])nc1. The molecule has 1 N–H and O–H groups in total. The fourth-order valence-corrected chi connectivity index (χ4v) is 6.23. The summed E-state index contributed by atoms with van der Waals surface area (Å²) in [7, 11) is 0. The molecule has 2 heterocycles. The molecule has 0 spiro atoms. The van der Waals surface area contributed by atoms with Crippen molar-refractivity contribution >= 4 is 46.6 Å². The molecule has 7 rings (SSSR count). The summed E-state index contributed by atoms with van der Waals surface area (Å²) in [6.07, 6.45) is 15.0. The molecule has 0 amide bonds. The van der Waals surface area contributed by atoms with Crippen LogP contribution in [0.3, 0.4) is 0 Å². The zero-order valence-electron chi connectivity index (χ0n) is 24.4. The number of ether oxygens (including phenoxy) is 1. The minimum atomic E-state index is -0.576. The molecule has 1 aromatic heterocycles. The van der Waals surface area contributed by atoms with Crippen LogP contribution in [0.2, 0.25) is 5.02 Å². The van der Waals surface area contributed by atoms with Crippen LogP contribution in [0.1, 0.15) is 46.0 Å². The molecule has 1 unspecified atom stereocenters. The Morgan fingerprint density at radius 2 is 1.89 bits per heavy atom. The molecule has 0 radical (unpaired) electrons. The number of carbonyl (C=O) groups excluding carboxylic acids is 1. The fraction of sp³-hybridized carbons (Fsp3) is 0.135. The molecular formula is C37H30ClN3O4. The van der Waals surface area contributed by atoms with Gasteiger partial charge in [-0.15, -0.1) is 6.58 Å². The van der Waals surface area contributed by atoms with Crippen LogP contribution in [0.25, 0.3) is 17.7 Å². The van der Waals surface area contributed by atoms with E-state index in [1.54, 1.807) is 6.08 Å². The number of pyridine rings is 1. The van der Waals surface area contributed by atoms with Gasteiger partial charge in [0, 0.05) is 28.5 Å². The number of Topliss-reactive ketones (excluding diaryl/α,β-unsaturated/α-hetero) is 1. The Kier molecular flexibility index (Phi) is 8.82. The summed E-state index contributed by atoms with van der Waals surface area (Å²) < 4.78 is 6.15. The second-order valence-electron chi connectivity index (χ2n) is 10.7. The van der Waals surface area contributed by atoms with Crippen molar-refractivity contribution in [2.45, 2.75) is 25.4 Å². The smallest absolute Gasteiger partial charge is 0.363 e. The van der Waals surface area contributed by atoms with E-state index < -0.39 is 4.92 Å². The van der Waals surface area contributed by atoms with Crippen molar-refractivity contribution in [1.29, 1.82) is 0 Å². The molecule has 7 nitrogen and oxygen atoms in total. The number of carbonyl (C=O) groups is 1. The summed E-state index contributed by atoms with van der Waals surface area (Å²) in [6, 6.07) is 20.8. The predicted molar refractivity (Wildman–Crippen MR) is 178 cm³/mol. The van der Waals surface area contributed by atoms with Crippen LogP contribution >= 0.6 is 11.6 Å². The van der Waals surface area contributed by atoms with Gasteiger partial charge in [-0.25, -0.2) is 0 Å². The van der Waals surface area contributed by atoms with Crippen LogP contribution in [0, 0.1) is 20.6 Å². The van der Waals surface area contributed by atoms with E-state index in [1.807, 2.05) is 66.9 Å². The van der Waals surface area contributed by atoms with Crippen LogP contribution < -0.4 is 15.8 Å². The summed E-state index contributed by atoms with van der Waals surface area (Å²) in [5, 5.41) is 18.7. The molecule has 0 saturated carbocycles. The first-order chi connectivity index (χ1) is 22.0. The van der Waals surface area contributed by atoms with Crippen molar-refractivity contribution in [3.05, 3.63) is 162 Å². The normalized spacial score (nSPS) is 15.4. The average molecular weight is 616 g/mol. The maximum Gasteiger partial charge on any atom is 0.363 e. The molecular weight excluding hydrogens is 586 g/mol. The number of fused-ring (bicyclic) bond motifs is 5. The zero-order chi connectivity index (χ0) is 31.3. The molecule has 2 aliphatic carbocycles. The van der Waals surface area contributed by atoms with Gasteiger partial charge in [-0.1, -0.05) is 72.3 Å². The number of rotatable bonds is 6. The minimum Gasteiger partial charge on any atom is -0.365 e. The molecule has 3 aromatic carbocycles. The molecule has 0 saturated heterocycles. The maximum absolute atomic E-state index is 13.4. The van der Waals surface area contributed by atoms with Crippen LogP contribution in [-0.2, 0) is 11.2 Å². The molecule has 4 aromatic rings. The molecule has 1 aliphatic heterocycles. The highest BCUT2D eigenvalue weighted by Gasteiger charge is 2.26. The lowest BCUT2D eigenvalue weighted by Gasteiger charge is -2.25. The third kappa shape index (κ3) is 6.13. The van der Waals surface area contributed by atoms with Crippen LogP contribution in [0.4, 0.5) is 11.5 Å². The maximum atomic E-state index is 13.4. The largest absolute Gasteiger partial charge is 0.365 e. The van der Waals surface area contributed by atoms with Crippen LogP contribution in [0.5, 0.6) is 0 Å². The van der Waals surface area contributed by atoms with E-state index in [9.17, 15) is 14.9 Å². The van der Waals surface area contributed by atoms with E-state index in [1.165, 1.54) is 23.9 Å². The summed E-state index contributed by atoms with van der Waals surface area (Å²) in [5.41, 5.74) is 5.59. The molecule has 224 valence electrons. The first kappa shape index (κ1) is 29.9. The lowest BCUT2D eigenvalue weighted by molar-refractivity contribution is -0.389. The summed E-state index contributed by atoms with van der Waals surface area (Å²) in [5.74, 6) is -0.440. The number of ketones is 1. The van der Waals surface area contributed by atoms with Gasteiger partial charge in [0.1, 0.15) is 6.10 Å². The van der Waals surface area contributed by atoms with E-state index in [0.717, 1.165) is 50.5 Å². The van der Waals surface area contributed by atoms with Crippen molar-refractivity contribution in [2.75, 3.05) is 11.9 Å². The van der Waals surface area contributed by atoms with E-state index in [4.69, 9.17) is 16.3 Å². The van der Waals surface area contributed by atoms with Gasteiger partial charge in [-0.05, 0) is 97.1 Å². The molecule has 0 fully saturated rings. The summed E-state index contributed by atoms with van der Waals surface area (Å²) >= 11 is 6.51. The van der Waals surface area contributed by atoms with E-state index >= 15 is 0 Å². The lowest BCUT2D eigenvalue weighted by atomic mass is 9.83. The third-order valence-electron chi connectivity index (χ3n) is 8.03. The highest BCUT2D eigenvalue weighted by molar-refractivity contribution is 6.30. The molecule has 1 atom stereocenters. The highest BCUT2D eigenvalue weighted by Crippen LogP contribution is 2.30. The van der Waals surface area contributed by atoms with Gasteiger partial charge < -0.3 is 20.2 Å². The Morgan fingerprint density at radius 3 is 2.69 bits per heavy atom. The molecule has 3 aliphatic rings. The summed E-state index contributed by atoms with van der Waals surface area (Å²) in [6.45, 7) is 4.16. The van der Waals surface area contributed by atoms with Crippen molar-refractivity contribution in [3.8, 4) is 0 Å². The molecule has 45 heavy (non-hydrogen) atoms. The van der Waals surface area contributed by atoms with Gasteiger partial charge in [-0.3, -0.25) is 4.79 Å². The van der Waals surface area contributed by atoms with Crippen LogP contribution in [-0.4, -0.2) is 22.3 Å². The summed E-state index contributed by atoms with van der Waals surface area (Å²) in [4.78, 5) is 27.6. The number of nitrogens with zero attached hydrogens (tertiary/aromatic N) is 2. The fourth-order valence-electron chi connectivity index (χ4n) is 6.00. The van der Waals surface area contributed by atoms with E-state index in [2.05, 4.69) is 35.1 Å². The second-order valence-corrected chi connectivity index (χ2v) is 11.1. The number of hydrogen-bond donors (Lipinski definition) is 1. The number of nitro groups is 1. The lowest BCUT2D eigenvalue weighted by Crippen LogP contribution is -2.28. The minimum absolute atomic E-state index is 0.157. The third-order valence-corrected chi connectivity index (χ3v) is 8.36. The number of hydrogen-bond acceptors (Lipinski definition) is 6. The van der Waals surface area contributed by atoms with Crippen molar-refractivity contribution in [3.63, 3.8) is 0 Å². The van der Waals surface area contributed by atoms with Gasteiger partial charge in [0.15, 0.2) is 12.0 Å². The van der Waals surface area contributed by atoms with Gasteiger partial charge in [0.05, 0.1) is 12.2 Å². The first-order valence-electron chi connectivity index (χ1n) is 14.7. The number of allylic oxidation sites excluding steroid dienone is 2. The Hall–Kier alpha value is -5.11. The van der Waals surface area contributed by atoms with Crippen LogP contribution in [0.15, 0.2) is 104 Å². The second kappa shape index (κ2) is 13.3. The van der Waals surface area contributed by atoms with Crippen molar-refractivity contribution in [1.82, 2.24) is 4.98 Å². The number of anilines is 1. The Bertz CT molecular complexity index is 2100. The number of nitrogens with one attached hydrogen (secondary N) is 1.